The van der Waals surface area contributed by atoms with Crippen LogP contribution in [-0.2, 0) is 0 Å². The molecular weight excluding hydrogens is 216 g/mol. The number of hydrogen-bond acceptors (Lipinski definition) is 6. The summed E-state index contributed by atoms with van der Waals surface area (Å²) in [7, 11) is 0. The van der Waals surface area contributed by atoms with Crippen LogP contribution < -0.4 is 0 Å². The second kappa shape index (κ2) is 4.36. The highest BCUT2D eigenvalue weighted by Gasteiger charge is 2.34. The van der Waals surface area contributed by atoms with Crippen molar-refractivity contribution in [2.24, 2.45) is 9.98 Å². The summed E-state index contributed by atoms with van der Waals surface area (Å²) < 4.78 is 0. The Morgan fingerprint density at radius 1 is 1.27 bits per heavy atom. The zero-order valence-electron chi connectivity index (χ0n) is 5.44. The molecule has 1 saturated heterocycles. The van der Waals surface area contributed by atoms with Gasteiger partial charge in [0.05, 0.1) is 16.1 Å². The van der Waals surface area contributed by atoms with Gasteiger partial charge < -0.3 is 0 Å². The molecule has 6 heteroatoms. The maximum Gasteiger partial charge on any atom is 0.225 e. The minimum Gasteiger partial charge on any atom is -0.189 e. The number of aliphatic imine (C=N–C) groups is 2. The van der Waals surface area contributed by atoms with E-state index >= 15 is 0 Å². The Labute approximate surface area is 83.9 Å². The van der Waals surface area contributed by atoms with Crippen LogP contribution >= 0.6 is 48.0 Å². The number of nitrogens with zero attached hydrogens (tertiary/aromatic N) is 2. The van der Waals surface area contributed by atoms with Crippen molar-refractivity contribution < 1.29 is 0 Å². The van der Waals surface area contributed by atoms with Crippen LogP contribution in [0.25, 0.3) is 0 Å². The van der Waals surface area contributed by atoms with E-state index in [-0.39, 0.29) is 0 Å². The van der Waals surface area contributed by atoms with Crippen LogP contribution in [0.3, 0.4) is 0 Å². The normalized spacial score (nSPS) is 28.7. The van der Waals surface area contributed by atoms with E-state index in [2.05, 4.69) is 44.7 Å². The molecular formula is C5H4N2S4. The van der Waals surface area contributed by atoms with Crippen molar-refractivity contribution in [3.05, 3.63) is 0 Å². The monoisotopic (exact) mass is 220 g/mol. The average molecular weight is 220 g/mol. The third-order valence-corrected chi connectivity index (χ3v) is 4.00. The summed E-state index contributed by atoms with van der Waals surface area (Å²) in [5.41, 5.74) is 0. The molecule has 0 radical (unpaired) electrons. The second-order valence-corrected chi connectivity index (χ2v) is 4.71. The van der Waals surface area contributed by atoms with Gasteiger partial charge in [0.25, 0.3) is 0 Å². The standard InChI is InChI=1S/C5H4N2S4/c8-2-6-5(7-3-9)1-10-4-11-5/h1,4H2. The Morgan fingerprint density at radius 3 is 2.27 bits per heavy atom. The highest BCUT2D eigenvalue weighted by atomic mass is 32.2. The van der Waals surface area contributed by atoms with E-state index in [4.69, 9.17) is 0 Å². The van der Waals surface area contributed by atoms with Crippen LogP contribution in [-0.4, -0.2) is 26.2 Å². The highest BCUT2D eigenvalue weighted by Crippen LogP contribution is 2.41. The minimum absolute atomic E-state index is 0.506. The summed E-state index contributed by atoms with van der Waals surface area (Å²) >= 11 is 12.4. The van der Waals surface area contributed by atoms with Gasteiger partial charge in [-0.2, -0.15) is 9.98 Å². The molecule has 0 aromatic carbocycles. The van der Waals surface area contributed by atoms with Crippen molar-refractivity contribution in [3.8, 4) is 0 Å². The lowest BCUT2D eigenvalue weighted by atomic mass is 10.6. The third-order valence-electron chi connectivity index (χ3n) is 1.10. The van der Waals surface area contributed by atoms with Gasteiger partial charge in [0.1, 0.15) is 0 Å². The van der Waals surface area contributed by atoms with Crippen LogP contribution in [0.1, 0.15) is 0 Å². The van der Waals surface area contributed by atoms with Gasteiger partial charge in [0, 0.05) is 5.08 Å². The summed E-state index contributed by atoms with van der Waals surface area (Å²) in [6.45, 7) is 0. The van der Waals surface area contributed by atoms with Crippen LogP contribution in [0.2, 0.25) is 0 Å². The van der Waals surface area contributed by atoms with Crippen molar-refractivity contribution in [1.82, 2.24) is 0 Å². The van der Waals surface area contributed by atoms with Gasteiger partial charge in [-0.1, -0.05) is 11.8 Å². The summed E-state index contributed by atoms with van der Waals surface area (Å²) in [5.74, 6) is 0.810. The van der Waals surface area contributed by atoms with Crippen molar-refractivity contribution in [1.29, 1.82) is 0 Å². The lowest BCUT2D eigenvalue weighted by Crippen LogP contribution is -2.17. The molecule has 0 unspecified atom stereocenters. The number of thiocarbonyl (C=S) groups is 2. The van der Waals surface area contributed by atoms with E-state index in [9.17, 15) is 0 Å². The van der Waals surface area contributed by atoms with Gasteiger partial charge in [0.15, 0.2) is 0 Å². The maximum atomic E-state index is 4.51. The molecule has 0 saturated carbocycles. The molecule has 1 rings (SSSR count). The summed E-state index contributed by atoms with van der Waals surface area (Å²) in [6, 6.07) is 0. The Kier molecular flexibility index (Phi) is 3.72. The molecule has 11 heavy (non-hydrogen) atoms. The molecule has 1 heterocycles. The number of rotatable bonds is 2. The van der Waals surface area contributed by atoms with Crippen LogP contribution in [0.15, 0.2) is 9.98 Å². The van der Waals surface area contributed by atoms with Crippen LogP contribution in [0.5, 0.6) is 0 Å². The first kappa shape index (κ1) is 9.39. The molecule has 58 valence electrons. The van der Waals surface area contributed by atoms with Gasteiger partial charge in [-0.05, 0) is 24.4 Å². The molecule has 0 bridgehead atoms. The van der Waals surface area contributed by atoms with E-state index in [1.54, 1.807) is 23.5 Å². The SMILES string of the molecule is S=C=NC1(N=C=S)CSCS1. The summed E-state index contributed by atoms with van der Waals surface area (Å²) in [6.07, 6.45) is 0. The van der Waals surface area contributed by atoms with Crippen molar-refractivity contribution >= 4 is 58.3 Å². The lowest BCUT2D eigenvalue weighted by Gasteiger charge is -2.11. The van der Waals surface area contributed by atoms with Crippen molar-refractivity contribution in [2.45, 2.75) is 4.99 Å². The maximum absolute atomic E-state index is 4.51. The fourth-order valence-corrected chi connectivity index (χ4v) is 3.69. The van der Waals surface area contributed by atoms with Gasteiger partial charge >= 0.3 is 0 Å². The van der Waals surface area contributed by atoms with Crippen LogP contribution in [0.4, 0.5) is 0 Å². The van der Waals surface area contributed by atoms with Gasteiger partial charge in [-0.15, -0.1) is 11.8 Å². The van der Waals surface area contributed by atoms with Gasteiger partial charge in [-0.25, -0.2) is 0 Å². The molecule has 1 aliphatic heterocycles. The van der Waals surface area contributed by atoms with E-state index < -0.39 is 4.99 Å². The largest absolute Gasteiger partial charge is 0.225 e. The molecule has 1 fully saturated rings. The lowest BCUT2D eigenvalue weighted by molar-refractivity contribution is 0.756. The smallest absolute Gasteiger partial charge is 0.189 e. The fraction of sp³-hybridized carbons (Fsp3) is 0.600. The fourth-order valence-electron chi connectivity index (χ4n) is 0.649. The number of thioether (sulfide) groups is 2. The number of isothiocyanates is 2. The van der Waals surface area contributed by atoms with Gasteiger partial charge in [-0.3, -0.25) is 0 Å². The molecule has 0 aromatic heterocycles. The topological polar surface area (TPSA) is 24.7 Å². The molecule has 0 aliphatic carbocycles. The van der Waals surface area contributed by atoms with E-state index in [0.29, 0.717) is 0 Å². The first-order valence-electron chi connectivity index (χ1n) is 2.73. The highest BCUT2D eigenvalue weighted by molar-refractivity contribution is 8.19. The predicted octanol–water partition coefficient (Wildman–Crippen LogP) is 2.28. The molecule has 0 atom stereocenters. The summed E-state index contributed by atoms with van der Waals surface area (Å²) in [4.78, 5) is 7.41. The Bertz CT molecular complexity index is 213. The zero-order valence-corrected chi connectivity index (χ0v) is 8.71. The van der Waals surface area contributed by atoms with E-state index in [1.807, 2.05) is 0 Å². The summed E-state index contributed by atoms with van der Waals surface area (Å²) in [5, 5.41) is 5.63. The molecule has 0 spiro atoms. The quantitative estimate of drug-likeness (QED) is 0.526. The Balaban J connectivity index is 2.86. The first-order valence-corrected chi connectivity index (χ1v) is 5.68. The Morgan fingerprint density at radius 2 is 1.91 bits per heavy atom. The zero-order chi connectivity index (χ0) is 8.16. The van der Waals surface area contributed by atoms with Crippen LogP contribution in [0, 0.1) is 0 Å². The van der Waals surface area contributed by atoms with Crippen molar-refractivity contribution in [3.63, 3.8) is 0 Å². The predicted molar refractivity (Wildman–Crippen MR) is 57.7 cm³/mol. The third kappa shape index (κ3) is 2.37. The first-order chi connectivity index (χ1) is 5.33. The second-order valence-electron chi connectivity index (χ2n) is 1.76. The molecule has 1 aliphatic rings. The van der Waals surface area contributed by atoms with E-state index in [1.165, 1.54) is 0 Å². The Hall–Kier alpha value is 0.300. The van der Waals surface area contributed by atoms with Crippen molar-refractivity contribution in [2.75, 3.05) is 10.8 Å². The minimum atomic E-state index is -0.506. The molecule has 0 amide bonds. The number of hydrogen-bond donors (Lipinski definition) is 0. The molecule has 0 N–H and O–H groups in total. The van der Waals surface area contributed by atoms with Gasteiger partial charge in [0.2, 0.25) is 4.99 Å². The average Bonchev–Trinajstić information content (AvgIpc) is 2.39. The molecule has 0 aromatic rings. The molecule has 2 nitrogen and oxygen atoms in total. The van der Waals surface area contributed by atoms with E-state index in [0.717, 1.165) is 10.8 Å².